The van der Waals surface area contributed by atoms with Crippen LogP contribution in [0.3, 0.4) is 0 Å². The van der Waals surface area contributed by atoms with Crippen molar-refractivity contribution >= 4 is 45.2 Å². The molecule has 3 aromatic rings. The van der Waals surface area contributed by atoms with Crippen molar-refractivity contribution in [3.63, 3.8) is 0 Å². The molecule has 0 unspecified atom stereocenters. The Morgan fingerprint density at radius 1 is 1.12 bits per heavy atom. The number of alkyl halides is 3. The molecule has 0 atom stereocenters. The number of aromatic nitrogens is 3. The Balaban J connectivity index is 1.49. The molecule has 2 aromatic heterocycles. The molecule has 0 N–H and O–H groups in total. The van der Waals surface area contributed by atoms with E-state index < -0.39 is 12.6 Å². The predicted molar refractivity (Wildman–Crippen MR) is 103 cm³/mol. The van der Waals surface area contributed by atoms with Gasteiger partial charge < -0.3 is 4.90 Å². The Morgan fingerprint density at radius 2 is 1.88 bits per heavy atom. The van der Waals surface area contributed by atoms with Gasteiger partial charge in [-0.1, -0.05) is 0 Å². The van der Waals surface area contributed by atoms with Gasteiger partial charge >= 0.3 is 6.18 Å². The van der Waals surface area contributed by atoms with Crippen molar-refractivity contribution < 1.29 is 13.2 Å². The summed E-state index contributed by atoms with van der Waals surface area (Å²) in [6.45, 7) is 1.48. The predicted octanol–water partition coefficient (Wildman–Crippen LogP) is 5.05. The lowest BCUT2D eigenvalue weighted by atomic mass is 9.92. The van der Waals surface area contributed by atoms with Crippen LogP contribution >= 0.6 is 22.6 Å². The number of anilines is 1. The number of hydrogen-bond donors (Lipinski definition) is 0. The third kappa shape index (κ3) is 3.74. The number of fused-ring (bicyclic) bond motifs is 3. The van der Waals surface area contributed by atoms with Gasteiger partial charge in [0, 0.05) is 29.3 Å². The Labute approximate surface area is 162 Å². The molecular weight excluding hydrogens is 456 g/mol. The fraction of sp³-hybridized carbons (Fsp3) is 0.444. The van der Waals surface area contributed by atoms with Crippen LogP contribution in [0.4, 0.5) is 19.0 Å². The summed E-state index contributed by atoms with van der Waals surface area (Å²) in [6, 6.07) is 8.03. The zero-order valence-electron chi connectivity index (χ0n) is 14.0. The van der Waals surface area contributed by atoms with Crippen LogP contribution in [0.1, 0.15) is 25.7 Å². The molecule has 4 nitrogen and oxygen atoms in total. The highest BCUT2D eigenvalue weighted by atomic mass is 127. The fourth-order valence-corrected chi connectivity index (χ4v) is 4.03. The van der Waals surface area contributed by atoms with E-state index in [1.807, 2.05) is 28.8 Å². The lowest BCUT2D eigenvalue weighted by molar-refractivity contribution is -0.137. The van der Waals surface area contributed by atoms with Crippen LogP contribution in [-0.2, 0) is 0 Å². The summed E-state index contributed by atoms with van der Waals surface area (Å²) in [6.07, 6.45) is -0.979. The molecule has 26 heavy (non-hydrogen) atoms. The molecule has 0 saturated carbocycles. The monoisotopic (exact) mass is 474 g/mol. The Kier molecular flexibility index (Phi) is 4.70. The van der Waals surface area contributed by atoms with Crippen molar-refractivity contribution in [3.8, 4) is 0 Å². The second-order valence-electron chi connectivity index (χ2n) is 6.78. The quantitative estimate of drug-likeness (QED) is 0.499. The molecule has 1 aliphatic rings. The summed E-state index contributed by atoms with van der Waals surface area (Å²) in [5, 5.41) is 0. The van der Waals surface area contributed by atoms with Crippen LogP contribution in [0.5, 0.6) is 0 Å². The van der Waals surface area contributed by atoms with Crippen molar-refractivity contribution in [1.29, 1.82) is 0 Å². The highest BCUT2D eigenvalue weighted by Crippen LogP contribution is 2.30. The molecule has 3 heterocycles. The molecule has 0 bridgehead atoms. The minimum atomic E-state index is -4.05. The number of rotatable bonds is 3. The topological polar surface area (TPSA) is 33.4 Å². The van der Waals surface area contributed by atoms with Gasteiger partial charge in [-0.05, 0) is 72.0 Å². The second-order valence-corrected chi connectivity index (χ2v) is 8.03. The highest BCUT2D eigenvalue weighted by molar-refractivity contribution is 14.1. The van der Waals surface area contributed by atoms with E-state index in [0.29, 0.717) is 5.78 Å². The Hall–Kier alpha value is -1.58. The van der Waals surface area contributed by atoms with Crippen LogP contribution in [0.2, 0.25) is 0 Å². The van der Waals surface area contributed by atoms with E-state index in [1.54, 1.807) is 0 Å². The van der Waals surface area contributed by atoms with Gasteiger partial charge in [0.25, 0.3) is 0 Å². The van der Waals surface area contributed by atoms with E-state index in [4.69, 9.17) is 0 Å². The van der Waals surface area contributed by atoms with E-state index in [2.05, 4.69) is 43.5 Å². The van der Waals surface area contributed by atoms with Gasteiger partial charge in [-0.25, -0.2) is 4.98 Å². The van der Waals surface area contributed by atoms with Gasteiger partial charge in [-0.2, -0.15) is 18.2 Å². The third-order valence-corrected chi connectivity index (χ3v) is 5.67. The lowest BCUT2D eigenvalue weighted by Gasteiger charge is -2.32. The largest absolute Gasteiger partial charge is 0.389 e. The summed E-state index contributed by atoms with van der Waals surface area (Å²) in [5.41, 5.74) is 1.93. The van der Waals surface area contributed by atoms with Crippen LogP contribution in [0.15, 0.2) is 30.5 Å². The molecule has 0 amide bonds. The van der Waals surface area contributed by atoms with Gasteiger partial charge in [-0.3, -0.25) is 4.40 Å². The molecule has 1 saturated heterocycles. The number of benzene rings is 1. The molecule has 0 spiro atoms. The second kappa shape index (κ2) is 6.86. The first kappa shape index (κ1) is 17.8. The van der Waals surface area contributed by atoms with Crippen LogP contribution < -0.4 is 4.90 Å². The first-order valence-corrected chi connectivity index (χ1v) is 9.73. The van der Waals surface area contributed by atoms with E-state index in [-0.39, 0.29) is 12.3 Å². The Bertz CT molecular complexity index is 929. The number of imidazole rings is 1. The number of halogens is 4. The summed E-state index contributed by atoms with van der Waals surface area (Å²) < 4.78 is 40.3. The average molecular weight is 474 g/mol. The number of nitrogens with zero attached hydrogens (tertiary/aromatic N) is 4. The number of piperidine rings is 1. The van der Waals surface area contributed by atoms with Gasteiger partial charge in [-0.15, -0.1) is 0 Å². The molecule has 0 aliphatic carbocycles. The van der Waals surface area contributed by atoms with Crippen LogP contribution in [0.25, 0.3) is 16.8 Å². The molecular formula is C18H18F3IN4. The average Bonchev–Trinajstić information content (AvgIpc) is 2.97. The van der Waals surface area contributed by atoms with Crippen molar-refractivity contribution in [2.75, 3.05) is 18.0 Å². The van der Waals surface area contributed by atoms with Gasteiger partial charge in [0.1, 0.15) is 5.82 Å². The highest BCUT2D eigenvalue weighted by Gasteiger charge is 2.29. The number of hydrogen-bond acceptors (Lipinski definition) is 3. The van der Waals surface area contributed by atoms with E-state index >= 15 is 0 Å². The molecule has 4 rings (SSSR count). The molecule has 1 aromatic carbocycles. The van der Waals surface area contributed by atoms with E-state index in [9.17, 15) is 13.2 Å². The standard InChI is InChI=1S/C18H18F3IN4/c19-18(20,21)7-3-12-4-8-25(9-5-12)16-6-10-26-15-11-13(22)1-2-14(15)23-17(26)24-16/h1-2,6,10-12H,3-5,7-9H2. The lowest BCUT2D eigenvalue weighted by Crippen LogP contribution is -2.34. The normalized spacial score (nSPS) is 16.7. The van der Waals surface area contributed by atoms with E-state index in [1.165, 1.54) is 0 Å². The zero-order valence-corrected chi connectivity index (χ0v) is 16.2. The van der Waals surface area contributed by atoms with E-state index in [0.717, 1.165) is 46.4 Å². The zero-order chi connectivity index (χ0) is 18.3. The maximum Gasteiger partial charge on any atom is 0.389 e. The van der Waals surface area contributed by atoms with Crippen LogP contribution in [-0.4, -0.2) is 33.6 Å². The summed E-state index contributed by atoms with van der Waals surface area (Å²) in [5.74, 6) is 1.64. The summed E-state index contributed by atoms with van der Waals surface area (Å²) in [7, 11) is 0. The first-order chi connectivity index (χ1) is 12.4. The van der Waals surface area contributed by atoms with Crippen LogP contribution in [0, 0.1) is 9.49 Å². The van der Waals surface area contributed by atoms with Crippen molar-refractivity contribution in [2.24, 2.45) is 5.92 Å². The molecule has 0 radical (unpaired) electrons. The third-order valence-electron chi connectivity index (χ3n) is 4.99. The Morgan fingerprint density at radius 3 is 2.62 bits per heavy atom. The van der Waals surface area contributed by atoms with Crippen molar-refractivity contribution in [1.82, 2.24) is 14.4 Å². The van der Waals surface area contributed by atoms with Crippen molar-refractivity contribution in [3.05, 3.63) is 34.0 Å². The molecule has 8 heteroatoms. The smallest absolute Gasteiger partial charge is 0.356 e. The summed E-state index contributed by atoms with van der Waals surface area (Å²) in [4.78, 5) is 11.4. The molecule has 138 valence electrons. The van der Waals surface area contributed by atoms with Gasteiger partial charge in [0.05, 0.1) is 11.0 Å². The molecule has 1 fully saturated rings. The molecule has 1 aliphatic heterocycles. The minimum Gasteiger partial charge on any atom is -0.356 e. The maximum absolute atomic E-state index is 12.4. The van der Waals surface area contributed by atoms with Crippen molar-refractivity contribution in [2.45, 2.75) is 31.9 Å². The summed E-state index contributed by atoms with van der Waals surface area (Å²) >= 11 is 2.27. The maximum atomic E-state index is 12.4. The van der Waals surface area contributed by atoms with Gasteiger partial charge in [0.15, 0.2) is 0 Å². The van der Waals surface area contributed by atoms with Gasteiger partial charge in [0.2, 0.25) is 5.78 Å². The first-order valence-electron chi connectivity index (χ1n) is 8.65. The SMILES string of the molecule is FC(F)(F)CCC1CCN(c2ccn3c(n2)nc2ccc(I)cc23)CC1. The minimum absolute atomic E-state index is 0.146. The fourth-order valence-electron chi connectivity index (χ4n) is 3.55.